The number of benzene rings is 5. The maximum atomic E-state index is 12.8. The lowest BCUT2D eigenvalue weighted by Gasteiger charge is -2.54. The van der Waals surface area contributed by atoms with E-state index in [-0.39, 0.29) is 63.3 Å². The van der Waals surface area contributed by atoms with Crippen LogP contribution in [0.4, 0.5) is 0 Å². The fourth-order valence-electron chi connectivity index (χ4n) is 13.5. The molecule has 0 aromatic heterocycles. The Balaban J connectivity index is 1.06. The largest absolute Gasteiger partial charge is 0.465 e. The molecule has 17 heteroatoms. The number of carbonyl (C=O) groups is 2. The van der Waals surface area contributed by atoms with E-state index < -0.39 is 116 Å². The minimum Gasteiger partial charge on any atom is -0.465 e. The average Bonchev–Trinajstić information content (AvgIpc) is 0.792. The van der Waals surface area contributed by atoms with E-state index in [0.717, 1.165) is 59.9 Å². The summed E-state index contributed by atoms with van der Waals surface area (Å²) < 4.78 is 105. The molecular formula is C76H98O17. The van der Waals surface area contributed by atoms with Crippen molar-refractivity contribution < 1.29 is 80.6 Å². The van der Waals surface area contributed by atoms with Crippen LogP contribution < -0.4 is 0 Å². The van der Waals surface area contributed by atoms with Gasteiger partial charge >= 0.3 is 11.9 Å². The van der Waals surface area contributed by atoms with Gasteiger partial charge in [0.05, 0.1) is 64.6 Å². The zero-order valence-electron chi connectivity index (χ0n) is 55.2. The standard InChI is InChI=1S/C76H98O17/c1-9-10-11-12-13-29-40-80-73-52(5)51(4)66(63(89-73)47-79-42-56-30-19-14-20-31-56)91-76-72(70(68-64(90-76)48-85-74(92-68)60-38-27-18-28-39-60)88-62-41-61(46-81-54(7)77)65(87-55(8)78)50(3)49(62)2)93-75-71(84-45-59-36-25-17-26-37-59)69(83-44-58-34-23-16-24-35-58)67(53(6)86-75)82-43-57-32-21-15-22-33-57/h9,14-28,30-39,49-53,61-76H,1,10-13,29,40-48H2,2-8H3/t49?,50-,51-,52?,53?,61?,62+,63?,64?,65-,66+,67-,68+,69+,70+,71?,72?,73-,74?,75+,76+/m1/s1. The van der Waals surface area contributed by atoms with E-state index in [1.54, 1.807) is 0 Å². The molecule has 93 heavy (non-hydrogen) atoms. The molecule has 21 atom stereocenters. The van der Waals surface area contributed by atoms with Gasteiger partial charge in [0.15, 0.2) is 25.2 Å². The predicted molar refractivity (Wildman–Crippen MR) is 347 cm³/mol. The van der Waals surface area contributed by atoms with E-state index in [9.17, 15) is 9.59 Å². The van der Waals surface area contributed by atoms with Crippen molar-refractivity contribution in [3.63, 3.8) is 0 Å². The van der Waals surface area contributed by atoms with Gasteiger partial charge in [0.1, 0.15) is 54.9 Å². The number of unbranched alkanes of at least 4 members (excludes halogenated alkanes) is 4. The Bertz CT molecular complexity index is 2980. The molecule has 10 rings (SSSR count). The summed E-state index contributed by atoms with van der Waals surface area (Å²) in [5.41, 5.74) is 4.69. The molecule has 0 spiro atoms. The topological polar surface area (TPSA) is 173 Å². The first-order valence-corrected chi connectivity index (χ1v) is 33.7. The van der Waals surface area contributed by atoms with Gasteiger partial charge in [0.2, 0.25) is 0 Å². The first-order valence-electron chi connectivity index (χ1n) is 33.7. The van der Waals surface area contributed by atoms with Gasteiger partial charge in [-0.2, -0.15) is 0 Å². The van der Waals surface area contributed by atoms with Crippen molar-refractivity contribution in [3.05, 3.63) is 192 Å². The molecule has 4 aliphatic heterocycles. The first kappa shape index (κ1) is 70.1. The predicted octanol–water partition coefficient (Wildman–Crippen LogP) is 13.0. The third kappa shape index (κ3) is 19.3. The monoisotopic (exact) mass is 1280 g/mol. The van der Waals surface area contributed by atoms with E-state index >= 15 is 0 Å². The smallest absolute Gasteiger partial charge is 0.302 e. The molecule has 504 valence electrons. The van der Waals surface area contributed by atoms with Crippen LogP contribution >= 0.6 is 0 Å². The lowest BCUT2D eigenvalue weighted by atomic mass is 9.71. The number of hydrogen-bond donors (Lipinski definition) is 0. The molecule has 0 N–H and O–H groups in total. The Morgan fingerprint density at radius 2 is 1.04 bits per heavy atom. The molecule has 0 bridgehead atoms. The van der Waals surface area contributed by atoms with Crippen molar-refractivity contribution in [1.82, 2.24) is 0 Å². The molecule has 5 aliphatic rings. The third-order valence-electron chi connectivity index (χ3n) is 19.0. The molecule has 5 fully saturated rings. The van der Waals surface area contributed by atoms with E-state index in [1.165, 1.54) is 13.8 Å². The van der Waals surface area contributed by atoms with Gasteiger partial charge in [-0.05, 0) is 72.6 Å². The molecule has 4 heterocycles. The highest BCUT2D eigenvalue weighted by atomic mass is 16.8. The zero-order chi connectivity index (χ0) is 65.1. The molecular weight excluding hydrogens is 1180 g/mol. The van der Waals surface area contributed by atoms with Crippen molar-refractivity contribution >= 4 is 11.9 Å². The van der Waals surface area contributed by atoms with E-state index in [0.29, 0.717) is 19.6 Å². The second kappa shape index (κ2) is 35.3. The first-order chi connectivity index (χ1) is 45.3. The Kier molecular flexibility index (Phi) is 26.6. The van der Waals surface area contributed by atoms with Crippen LogP contribution in [0, 0.1) is 29.6 Å². The number of rotatable bonds is 31. The average molecular weight is 1280 g/mol. The van der Waals surface area contributed by atoms with Gasteiger partial charge in [0.25, 0.3) is 0 Å². The minimum atomic E-state index is -1.21. The van der Waals surface area contributed by atoms with Gasteiger partial charge < -0.3 is 71.1 Å². The second-order valence-corrected chi connectivity index (χ2v) is 25.8. The molecule has 5 aromatic rings. The maximum absolute atomic E-state index is 12.8. The quantitative estimate of drug-likeness (QED) is 0.0233. The second-order valence-electron chi connectivity index (χ2n) is 25.8. The van der Waals surface area contributed by atoms with Crippen LogP contribution in [0.2, 0.25) is 0 Å². The van der Waals surface area contributed by atoms with Gasteiger partial charge in [-0.15, -0.1) is 6.58 Å². The van der Waals surface area contributed by atoms with Crippen molar-refractivity contribution in [2.45, 2.75) is 212 Å². The molecule has 5 aromatic carbocycles. The summed E-state index contributed by atoms with van der Waals surface area (Å²) >= 11 is 0. The summed E-state index contributed by atoms with van der Waals surface area (Å²) in [7, 11) is 0. The SMILES string of the molecule is C=CCCCCCCO[C@@H]1OC(COCc2ccccc2)[C@@H](O[C@@H]2OC3COC(c4ccccc4)O[C@@H]3[C@H](O[C@H]3CC(COC(C)=O)[C@H](OC(C)=O)[C@H](C)C3C)C2O[C@@H]2OC(C)[C@@H](OCc3ccccc3)[C@H](OCc3ccccc3)C2OCc2ccccc2)[C@H](C)C1C. The highest BCUT2D eigenvalue weighted by Crippen LogP contribution is 2.45. The van der Waals surface area contributed by atoms with Crippen molar-refractivity contribution in [3.8, 4) is 0 Å². The highest BCUT2D eigenvalue weighted by molar-refractivity contribution is 5.66. The summed E-state index contributed by atoms with van der Waals surface area (Å²) in [5.74, 6) is -2.09. The van der Waals surface area contributed by atoms with E-state index in [4.69, 9.17) is 71.1 Å². The summed E-state index contributed by atoms with van der Waals surface area (Å²) in [4.78, 5) is 25.4. The van der Waals surface area contributed by atoms with E-state index in [2.05, 4.69) is 27.4 Å². The summed E-state index contributed by atoms with van der Waals surface area (Å²) in [6.07, 6.45) is -5.51. The molecule has 4 saturated heterocycles. The van der Waals surface area contributed by atoms with Gasteiger partial charge in [0, 0.05) is 37.9 Å². The minimum absolute atomic E-state index is 0.00809. The normalized spacial score (nSPS) is 32.8. The fourth-order valence-corrected chi connectivity index (χ4v) is 13.5. The zero-order valence-corrected chi connectivity index (χ0v) is 55.2. The van der Waals surface area contributed by atoms with Crippen molar-refractivity contribution in [1.29, 1.82) is 0 Å². The maximum Gasteiger partial charge on any atom is 0.302 e. The number of esters is 2. The summed E-state index contributed by atoms with van der Waals surface area (Å²) in [6.45, 7) is 18.9. The summed E-state index contributed by atoms with van der Waals surface area (Å²) in [5, 5.41) is 0. The Labute approximate surface area is 550 Å². The molecule has 1 aliphatic carbocycles. The number of ether oxygens (including phenoxy) is 15. The van der Waals surface area contributed by atoms with Crippen LogP contribution in [0.3, 0.4) is 0 Å². The van der Waals surface area contributed by atoms with Crippen LogP contribution in [0.15, 0.2) is 164 Å². The molecule has 0 radical (unpaired) electrons. The number of fused-ring (bicyclic) bond motifs is 1. The molecule has 9 unspecified atom stereocenters. The fraction of sp³-hybridized carbons (Fsp3) is 0.553. The van der Waals surface area contributed by atoms with Crippen LogP contribution in [-0.2, 0) is 107 Å². The van der Waals surface area contributed by atoms with E-state index in [1.807, 2.05) is 172 Å². The van der Waals surface area contributed by atoms with Crippen molar-refractivity contribution in [2.24, 2.45) is 29.6 Å². The number of hydrogen-bond acceptors (Lipinski definition) is 17. The third-order valence-corrected chi connectivity index (χ3v) is 19.0. The van der Waals surface area contributed by atoms with Crippen LogP contribution in [0.5, 0.6) is 0 Å². The molecule has 0 amide bonds. The van der Waals surface area contributed by atoms with Gasteiger partial charge in [-0.25, -0.2) is 0 Å². The highest BCUT2D eigenvalue weighted by Gasteiger charge is 2.59. The number of allylic oxidation sites excluding steroid dienone is 1. The molecule has 1 saturated carbocycles. The Morgan fingerprint density at radius 1 is 0.495 bits per heavy atom. The summed E-state index contributed by atoms with van der Waals surface area (Å²) in [6, 6.07) is 49.8. The number of carbonyl (C=O) groups excluding carboxylic acids is 2. The lowest BCUT2D eigenvalue weighted by Crippen LogP contribution is -2.68. The lowest BCUT2D eigenvalue weighted by molar-refractivity contribution is -0.414. The van der Waals surface area contributed by atoms with Crippen molar-refractivity contribution in [2.75, 3.05) is 26.4 Å². The van der Waals surface area contributed by atoms with Gasteiger partial charge in [-0.1, -0.05) is 198 Å². The Hall–Kier alpha value is -5.74. The van der Waals surface area contributed by atoms with Gasteiger partial charge in [-0.3, -0.25) is 9.59 Å². The van der Waals surface area contributed by atoms with Crippen LogP contribution in [0.1, 0.15) is 121 Å². The Morgan fingerprint density at radius 3 is 1.65 bits per heavy atom. The van der Waals surface area contributed by atoms with Crippen LogP contribution in [0.25, 0.3) is 0 Å². The van der Waals surface area contributed by atoms with Crippen LogP contribution in [-0.4, -0.2) is 130 Å². The molecule has 17 nitrogen and oxygen atoms in total.